The molecule has 1 aromatic heterocycles. The Balaban J connectivity index is 1.42. The summed E-state index contributed by atoms with van der Waals surface area (Å²) in [6.07, 6.45) is 1.61. The van der Waals surface area contributed by atoms with Crippen LogP contribution in [0.25, 0.3) is 0 Å². The van der Waals surface area contributed by atoms with E-state index >= 15 is 0 Å². The van der Waals surface area contributed by atoms with Crippen LogP contribution < -0.4 is 20.1 Å². The van der Waals surface area contributed by atoms with Crippen LogP contribution in [0.1, 0.15) is 15.9 Å². The monoisotopic (exact) mass is 347 g/mol. The molecule has 0 saturated carbocycles. The average Bonchev–Trinajstić information content (AvgIpc) is 3.13. The third kappa shape index (κ3) is 3.44. The quantitative estimate of drug-likeness (QED) is 0.743. The average molecular weight is 347 g/mol. The molecular weight excluding hydrogens is 330 g/mol. The first-order valence-corrected chi connectivity index (χ1v) is 8.18. The number of hydrogen-bond donors (Lipinski definition) is 2. The molecule has 1 aliphatic rings. The van der Waals surface area contributed by atoms with Crippen molar-refractivity contribution in [1.29, 1.82) is 0 Å². The molecule has 6 nitrogen and oxygen atoms in total. The largest absolute Gasteiger partial charge is 0.454 e. The maximum atomic E-state index is 12.4. The standard InChI is InChI=1S/C20H17N3O3/c1-13-2-5-15(6-3-13)22-19-9-7-16(11-21-19)23-20(24)14-4-8-17-18(10-14)26-12-25-17/h2-11H,12H2,1H3,(H,21,22)(H,23,24). The summed E-state index contributed by atoms with van der Waals surface area (Å²) in [7, 11) is 0. The van der Waals surface area contributed by atoms with Gasteiger partial charge in [0.2, 0.25) is 6.79 Å². The topological polar surface area (TPSA) is 72.5 Å². The number of fused-ring (bicyclic) bond motifs is 1. The van der Waals surface area contributed by atoms with Gasteiger partial charge in [0.05, 0.1) is 11.9 Å². The van der Waals surface area contributed by atoms with Gasteiger partial charge in [-0.3, -0.25) is 4.79 Å². The van der Waals surface area contributed by atoms with Crippen LogP contribution in [0.4, 0.5) is 17.2 Å². The molecule has 2 N–H and O–H groups in total. The number of aryl methyl sites for hydroxylation is 1. The fourth-order valence-electron chi connectivity index (χ4n) is 2.57. The summed E-state index contributed by atoms with van der Waals surface area (Å²) in [5, 5.41) is 6.04. The normalized spacial score (nSPS) is 11.9. The van der Waals surface area contributed by atoms with E-state index in [4.69, 9.17) is 9.47 Å². The first-order valence-electron chi connectivity index (χ1n) is 8.18. The summed E-state index contributed by atoms with van der Waals surface area (Å²) in [5.74, 6) is 1.70. The summed E-state index contributed by atoms with van der Waals surface area (Å²) in [5.41, 5.74) is 3.27. The number of benzene rings is 2. The van der Waals surface area contributed by atoms with Gasteiger partial charge in [-0.2, -0.15) is 0 Å². The van der Waals surface area contributed by atoms with Crippen LogP contribution in [0.2, 0.25) is 0 Å². The number of nitrogens with zero attached hydrogens (tertiary/aromatic N) is 1. The molecule has 2 aromatic carbocycles. The number of rotatable bonds is 4. The van der Waals surface area contributed by atoms with Crippen molar-refractivity contribution in [3.63, 3.8) is 0 Å². The van der Waals surface area contributed by atoms with Crippen LogP contribution >= 0.6 is 0 Å². The number of pyridine rings is 1. The number of nitrogens with one attached hydrogen (secondary N) is 2. The van der Waals surface area contributed by atoms with Crippen molar-refractivity contribution in [2.75, 3.05) is 17.4 Å². The molecule has 0 atom stereocenters. The number of aromatic nitrogens is 1. The first kappa shape index (κ1) is 16.0. The van der Waals surface area contributed by atoms with E-state index in [1.165, 1.54) is 5.56 Å². The highest BCUT2D eigenvalue weighted by Gasteiger charge is 2.16. The van der Waals surface area contributed by atoms with Gasteiger partial charge >= 0.3 is 0 Å². The number of amides is 1. The van der Waals surface area contributed by atoms with Crippen LogP contribution in [0.5, 0.6) is 11.5 Å². The van der Waals surface area contributed by atoms with Crippen LogP contribution in [-0.2, 0) is 0 Å². The Morgan fingerprint density at radius 2 is 1.73 bits per heavy atom. The number of carbonyl (C=O) groups is 1. The molecule has 0 fully saturated rings. The van der Waals surface area contributed by atoms with Gasteiger partial charge in [-0.05, 0) is 49.4 Å². The Labute approximate surface area is 150 Å². The molecule has 0 bridgehead atoms. The Kier molecular flexibility index (Phi) is 4.15. The lowest BCUT2D eigenvalue weighted by atomic mass is 10.2. The van der Waals surface area contributed by atoms with Crippen molar-refractivity contribution in [1.82, 2.24) is 4.98 Å². The lowest BCUT2D eigenvalue weighted by Gasteiger charge is -2.08. The second-order valence-electron chi connectivity index (χ2n) is 5.95. The van der Waals surface area contributed by atoms with Crippen molar-refractivity contribution in [3.8, 4) is 11.5 Å². The van der Waals surface area contributed by atoms with E-state index < -0.39 is 0 Å². The fourth-order valence-corrected chi connectivity index (χ4v) is 2.57. The Morgan fingerprint density at radius 3 is 2.50 bits per heavy atom. The van der Waals surface area contributed by atoms with E-state index in [9.17, 15) is 4.79 Å². The third-order valence-corrected chi connectivity index (χ3v) is 3.98. The molecule has 0 spiro atoms. The Bertz CT molecular complexity index is 938. The molecular formula is C20H17N3O3. The van der Waals surface area contributed by atoms with Gasteiger partial charge in [0.1, 0.15) is 5.82 Å². The summed E-state index contributed by atoms with van der Waals surface area (Å²) < 4.78 is 10.5. The fraction of sp³-hybridized carbons (Fsp3) is 0.100. The summed E-state index contributed by atoms with van der Waals surface area (Å²) >= 11 is 0. The van der Waals surface area contributed by atoms with Gasteiger partial charge in [0, 0.05) is 11.3 Å². The molecule has 1 amide bonds. The van der Waals surface area contributed by atoms with E-state index in [1.54, 1.807) is 30.5 Å². The van der Waals surface area contributed by atoms with Gasteiger partial charge in [-0.15, -0.1) is 0 Å². The molecule has 4 rings (SSSR count). The predicted octanol–water partition coefficient (Wildman–Crippen LogP) is 4.11. The zero-order valence-electron chi connectivity index (χ0n) is 14.2. The molecule has 3 aromatic rings. The van der Waals surface area contributed by atoms with Crippen LogP contribution in [0.15, 0.2) is 60.8 Å². The van der Waals surface area contributed by atoms with Gasteiger partial charge in [0.15, 0.2) is 11.5 Å². The van der Waals surface area contributed by atoms with Gasteiger partial charge in [-0.25, -0.2) is 4.98 Å². The van der Waals surface area contributed by atoms with Gasteiger partial charge in [-0.1, -0.05) is 17.7 Å². The Hall–Kier alpha value is -3.54. The molecule has 0 radical (unpaired) electrons. The van der Waals surface area contributed by atoms with E-state index in [-0.39, 0.29) is 12.7 Å². The van der Waals surface area contributed by atoms with Crippen molar-refractivity contribution in [3.05, 3.63) is 71.9 Å². The molecule has 130 valence electrons. The lowest BCUT2D eigenvalue weighted by molar-refractivity contribution is 0.102. The van der Waals surface area contributed by atoms with Crippen LogP contribution in [-0.4, -0.2) is 17.7 Å². The molecule has 1 aliphatic heterocycles. The van der Waals surface area contributed by atoms with Crippen molar-refractivity contribution < 1.29 is 14.3 Å². The first-order chi connectivity index (χ1) is 12.7. The molecule has 0 unspecified atom stereocenters. The number of carbonyl (C=O) groups excluding carboxylic acids is 1. The second-order valence-corrected chi connectivity index (χ2v) is 5.95. The van der Waals surface area contributed by atoms with E-state index in [1.807, 2.05) is 37.3 Å². The molecule has 2 heterocycles. The van der Waals surface area contributed by atoms with Crippen LogP contribution in [0, 0.1) is 6.92 Å². The van der Waals surface area contributed by atoms with E-state index in [2.05, 4.69) is 15.6 Å². The van der Waals surface area contributed by atoms with Crippen molar-refractivity contribution >= 4 is 23.1 Å². The van der Waals surface area contributed by atoms with Crippen LogP contribution in [0.3, 0.4) is 0 Å². The highest BCUT2D eigenvalue weighted by molar-refractivity contribution is 6.04. The third-order valence-electron chi connectivity index (χ3n) is 3.98. The van der Waals surface area contributed by atoms with Gasteiger partial charge < -0.3 is 20.1 Å². The highest BCUT2D eigenvalue weighted by atomic mass is 16.7. The number of hydrogen-bond acceptors (Lipinski definition) is 5. The Morgan fingerprint density at radius 1 is 0.962 bits per heavy atom. The van der Waals surface area contributed by atoms with Crippen molar-refractivity contribution in [2.45, 2.75) is 6.92 Å². The molecule has 0 saturated heterocycles. The highest BCUT2D eigenvalue weighted by Crippen LogP contribution is 2.32. The van der Waals surface area contributed by atoms with E-state index in [0.29, 0.717) is 28.6 Å². The smallest absolute Gasteiger partial charge is 0.255 e. The number of ether oxygens (including phenoxy) is 2. The van der Waals surface area contributed by atoms with Crippen molar-refractivity contribution in [2.24, 2.45) is 0 Å². The summed E-state index contributed by atoms with van der Waals surface area (Å²) in [6, 6.07) is 16.7. The number of anilines is 3. The minimum atomic E-state index is -0.232. The minimum Gasteiger partial charge on any atom is -0.454 e. The maximum Gasteiger partial charge on any atom is 0.255 e. The SMILES string of the molecule is Cc1ccc(Nc2ccc(NC(=O)c3ccc4c(c3)OCO4)cn2)cc1. The summed E-state index contributed by atoms with van der Waals surface area (Å²) in [6.45, 7) is 2.22. The summed E-state index contributed by atoms with van der Waals surface area (Å²) in [4.78, 5) is 16.7. The lowest BCUT2D eigenvalue weighted by Crippen LogP contribution is -2.12. The van der Waals surface area contributed by atoms with Gasteiger partial charge in [0.25, 0.3) is 5.91 Å². The molecule has 6 heteroatoms. The zero-order valence-corrected chi connectivity index (χ0v) is 14.2. The maximum absolute atomic E-state index is 12.4. The minimum absolute atomic E-state index is 0.180. The molecule has 26 heavy (non-hydrogen) atoms. The van der Waals surface area contributed by atoms with E-state index in [0.717, 1.165) is 5.69 Å². The zero-order chi connectivity index (χ0) is 17.9. The predicted molar refractivity (Wildman–Crippen MR) is 99.2 cm³/mol. The second kappa shape index (κ2) is 6.76. The molecule has 0 aliphatic carbocycles.